The molecule has 0 aliphatic carbocycles. The second-order valence-corrected chi connectivity index (χ2v) is 10.8. The quantitative estimate of drug-likeness (QED) is 0.297. The van der Waals surface area contributed by atoms with E-state index in [9.17, 15) is 0 Å². The molecule has 3 aromatic rings. The van der Waals surface area contributed by atoms with Crippen molar-refractivity contribution in [3.63, 3.8) is 0 Å². The molecule has 0 saturated carbocycles. The summed E-state index contributed by atoms with van der Waals surface area (Å²) in [5.41, 5.74) is 1.42. The Labute approximate surface area is 165 Å². The highest BCUT2D eigenvalue weighted by Gasteiger charge is 2.45. The molecule has 3 rings (SSSR count). The Morgan fingerprint density at radius 3 is 1.60 bits per heavy atom. The molecule has 1 atom stereocenters. The molecule has 1 N–H and O–H groups in total. The van der Waals surface area contributed by atoms with Crippen LogP contribution in [0.2, 0.25) is 0 Å². The molecular formula is C22H24INP+. The zero-order valence-corrected chi connectivity index (χ0v) is 17.7. The number of hydrogen-bond donors (Lipinski definition) is 1. The third kappa shape index (κ3) is 3.67. The van der Waals surface area contributed by atoms with Crippen molar-refractivity contribution in [2.24, 2.45) is 0 Å². The van der Waals surface area contributed by atoms with Crippen LogP contribution >= 0.6 is 30.3 Å². The lowest BCUT2D eigenvalue weighted by molar-refractivity contribution is 0.734. The number of rotatable bonds is 6. The van der Waals surface area contributed by atoms with Gasteiger partial charge in [0.25, 0.3) is 0 Å². The molecule has 1 unspecified atom stereocenters. The van der Waals surface area contributed by atoms with Gasteiger partial charge in [-0.1, -0.05) is 62.4 Å². The molecule has 0 bridgehead atoms. The van der Waals surface area contributed by atoms with Gasteiger partial charge < -0.3 is 0 Å². The van der Waals surface area contributed by atoms with E-state index in [1.807, 2.05) is 0 Å². The van der Waals surface area contributed by atoms with Gasteiger partial charge >= 0.3 is 0 Å². The predicted octanol–water partition coefficient (Wildman–Crippen LogP) is 5.35. The van der Waals surface area contributed by atoms with Crippen LogP contribution in [0.4, 0.5) is 0 Å². The molecular weight excluding hydrogens is 436 g/mol. The lowest BCUT2D eigenvalue weighted by Crippen LogP contribution is -2.36. The summed E-state index contributed by atoms with van der Waals surface area (Å²) in [6, 6.07) is 30.9. The summed E-state index contributed by atoms with van der Waals surface area (Å²) in [7, 11) is -1.86. The summed E-state index contributed by atoms with van der Waals surface area (Å²) in [6.07, 6.45) is 1.17. The van der Waals surface area contributed by atoms with Crippen molar-refractivity contribution in [2.45, 2.75) is 26.2 Å². The molecule has 3 aromatic carbocycles. The molecule has 0 amide bonds. The molecule has 0 aromatic heterocycles. The van der Waals surface area contributed by atoms with E-state index in [0.29, 0.717) is 5.92 Å². The van der Waals surface area contributed by atoms with Gasteiger partial charge in [-0.3, -0.25) is 0 Å². The summed E-state index contributed by atoms with van der Waals surface area (Å²) in [5.74, 6) is 0.600. The van der Waals surface area contributed by atoms with Gasteiger partial charge in [0, 0.05) is 0 Å². The first-order valence-corrected chi connectivity index (χ1v) is 11.6. The van der Waals surface area contributed by atoms with Crippen molar-refractivity contribution in [3.8, 4) is 0 Å². The van der Waals surface area contributed by atoms with Crippen molar-refractivity contribution in [1.82, 2.24) is 3.30 Å². The second-order valence-electron chi connectivity index (χ2n) is 6.33. The zero-order chi connectivity index (χ0) is 17.7. The first kappa shape index (κ1) is 18.6. The number of halogens is 1. The first-order valence-electron chi connectivity index (χ1n) is 8.71. The highest BCUT2D eigenvalue weighted by atomic mass is 127. The second kappa shape index (κ2) is 8.44. The van der Waals surface area contributed by atoms with Gasteiger partial charge in [0.15, 0.2) is 7.41 Å². The van der Waals surface area contributed by atoms with Gasteiger partial charge in [0.05, 0.1) is 22.9 Å². The van der Waals surface area contributed by atoms with E-state index < -0.39 is 7.41 Å². The van der Waals surface area contributed by atoms with Gasteiger partial charge in [-0.05, 0) is 54.3 Å². The van der Waals surface area contributed by atoms with Gasteiger partial charge in [-0.2, -0.15) is 0 Å². The van der Waals surface area contributed by atoms with Crippen LogP contribution < -0.4 is 19.2 Å². The Balaban J connectivity index is 2.18. The van der Waals surface area contributed by atoms with Crippen molar-refractivity contribution in [1.29, 1.82) is 0 Å². The van der Waals surface area contributed by atoms with E-state index in [-0.39, 0.29) is 0 Å². The van der Waals surface area contributed by atoms with Crippen molar-refractivity contribution < 1.29 is 0 Å². The minimum absolute atomic E-state index is 0.600. The fourth-order valence-corrected chi connectivity index (χ4v) is 8.69. The highest BCUT2D eigenvalue weighted by molar-refractivity contribution is 14.1. The third-order valence-corrected chi connectivity index (χ3v) is 10.5. The maximum absolute atomic E-state index is 3.71. The average molecular weight is 460 g/mol. The first-order chi connectivity index (χ1) is 12.2. The maximum Gasteiger partial charge on any atom is 0.188 e. The standard InChI is InChI=1S/C22H24INP/c1-3-18(2)19-14-16-22(17-15-19)25(24-23,20-10-6-4-7-11-20)21-12-8-5-9-13-21/h4-18,24H,3H2,1-2H3/q+1. The molecule has 0 spiro atoms. The van der Waals surface area contributed by atoms with Crippen molar-refractivity contribution in [3.05, 3.63) is 90.5 Å². The summed E-state index contributed by atoms with van der Waals surface area (Å²) in [6.45, 7) is 4.54. The van der Waals surface area contributed by atoms with Gasteiger partial charge in [0.2, 0.25) is 0 Å². The lowest BCUT2D eigenvalue weighted by Gasteiger charge is -2.25. The Bertz CT molecular complexity index is 748. The summed E-state index contributed by atoms with van der Waals surface area (Å²) in [5, 5.41) is 4.07. The van der Waals surface area contributed by atoms with Gasteiger partial charge in [-0.25, -0.2) is 0 Å². The van der Waals surface area contributed by atoms with E-state index in [0.717, 1.165) is 0 Å². The smallest absolute Gasteiger partial charge is 0.119 e. The van der Waals surface area contributed by atoms with Crippen LogP contribution in [-0.4, -0.2) is 0 Å². The summed E-state index contributed by atoms with van der Waals surface area (Å²) < 4.78 is 3.71. The minimum atomic E-state index is -1.86. The summed E-state index contributed by atoms with van der Waals surface area (Å²) in [4.78, 5) is 0. The van der Waals surface area contributed by atoms with Gasteiger partial charge in [0.1, 0.15) is 15.9 Å². The number of hydrogen-bond acceptors (Lipinski definition) is 1. The SMILES string of the molecule is CCC(C)c1ccc([P+](NI)(c2ccccc2)c2ccccc2)cc1. The molecule has 0 fully saturated rings. The van der Waals surface area contributed by atoms with Crippen LogP contribution in [0, 0.1) is 0 Å². The van der Waals surface area contributed by atoms with Crippen LogP contribution in [0.5, 0.6) is 0 Å². The fraction of sp³-hybridized carbons (Fsp3) is 0.182. The Morgan fingerprint density at radius 1 is 0.760 bits per heavy atom. The van der Waals surface area contributed by atoms with Crippen LogP contribution in [-0.2, 0) is 0 Å². The third-order valence-electron chi connectivity index (χ3n) is 4.88. The van der Waals surface area contributed by atoms with Crippen LogP contribution in [0.15, 0.2) is 84.9 Å². The van der Waals surface area contributed by atoms with E-state index in [1.54, 1.807) is 0 Å². The molecule has 25 heavy (non-hydrogen) atoms. The van der Waals surface area contributed by atoms with Crippen LogP contribution in [0.3, 0.4) is 0 Å². The van der Waals surface area contributed by atoms with Crippen LogP contribution in [0.1, 0.15) is 31.7 Å². The van der Waals surface area contributed by atoms with Gasteiger partial charge in [-0.15, -0.1) is 3.30 Å². The molecule has 1 nitrogen and oxygen atoms in total. The highest BCUT2D eigenvalue weighted by Crippen LogP contribution is 2.52. The van der Waals surface area contributed by atoms with Crippen molar-refractivity contribution in [2.75, 3.05) is 0 Å². The fourth-order valence-electron chi connectivity index (χ4n) is 3.16. The Hall–Kier alpha value is -1.22. The molecule has 0 saturated heterocycles. The molecule has 128 valence electrons. The lowest BCUT2D eigenvalue weighted by atomic mass is 9.99. The molecule has 0 aliphatic rings. The topological polar surface area (TPSA) is 12.0 Å². The van der Waals surface area contributed by atoms with E-state index >= 15 is 0 Å². The zero-order valence-electron chi connectivity index (χ0n) is 14.7. The van der Waals surface area contributed by atoms with Crippen LogP contribution in [0.25, 0.3) is 0 Å². The number of benzene rings is 3. The normalized spacial score (nSPS) is 12.8. The predicted molar refractivity (Wildman–Crippen MR) is 121 cm³/mol. The Morgan fingerprint density at radius 2 is 1.20 bits per heavy atom. The number of nitrogens with one attached hydrogen (secondary N) is 1. The molecule has 3 heteroatoms. The molecule has 0 radical (unpaired) electrons. The Kier molecular flexibility index (Phi) is 6.27. The minimum Gasteiger partial charge on any atom is -0.119 e. The van der Waals surface area contributed by atoms with E-state index in [2.05, 4.69) is 125 Å². The van der Waals surface area contributed by atoms with Crippen molar-refractivity contribution >= 4 is 46.2 Å². The molecule has 0 heterocycles. The monoisotopic (exact) mass is 460 g/mol. The average Bonchev–Trinajstić information content (AvgIpc) is 2.70. The molecule has 0 aliphatic heterocycles. The van der Waals surface area contributed by atoms with E-state index in [1.165, 1.54) is 27.9 Å². The maximum atomic E-state index is 3.71. The van der Waals surface area contributed by atoms with E-state index in [4.69, 9.17) is 0 Å². The summed E-state index contributed by atoms with van der Waals surface area (Å²) >= 11 is 2.34. The largest absolute Gasteiger partial charge is 0.188 e.